The summed E-state index contributed by atoms with van der Waals surface area (Å²) in [6, 6.07) is 11.3. The monoisotopic (exact) mass is 357 g/mol. The van der Waals surface area contributed by atoms with Gasteiger partial charge in [-0.25, -0.2) is 5.43 Å². The summed E-state index contributed by atoms with van der Waals surface area (Å²) in [5.41, 5.74) is 3.23. The third kappa shape index (κ3) is 4.50. The quantitative estimate of drug-likeness (QED) is 0.430. The average Bonchev–Trinajstić information content (AvgIpc) is 2.65. The Kier molecular flexibility index (Phi) is 6.15. The lowest BCUT2D eigenvalue weighted by Gasteiger charge is -2.11. The number of amides is 2. The van der Waals surface area contributed by atoms with Crippen molar-refractivity contribution in [3.63, 3.8) is 0 Å². The zero-order valence-corrected chi connectivity index (χ0v) is 14.6. The molecule has 136 valence electrons. The second-order valence-corrected chi connectivity index (χ2v) is 5.18. The van der Waals surface area contributed by atoms with Crippen molar-refractivity contribution in [3.8, 4) is 17.2 Å². The Labute approximate surface area is 150 Å². The Hall–Kier alpha value is -3.55. The van der Waals surface area contributed by atoms with Gasteiger partial charge >= 0.3 is 11.8 Å². The number of hydrogen-bond acceptors (Lipinski definition) is 6. The number of carbonyl (C=O) groups is 2. The number of phenolic OH excluding ortho intramolecular Hbond substituents is 1. The molecule has 0 saturated heterocycles. The van der Waals surface area contributed by atoms with Crippen LogP contribution in [0.3, 0.4) is 0 Å². The van der Waals surface area contributed by atoms with E-state index in [2.05, 4.69) is 15.8 Å². The van der Waals surface area contributed by atoms with Gasteiger partial charge in [0.05, 0.1) is 25.6 Å². The highest BCUT2D eigenvalue weighted by molar-refractivity contribution is 6.39. The molecule has 2 rings (SSSR count). The molecule has 0 heterocycles. The number of nitrogens with one attached hydrogen (secondary N) is 2. The molecule has 8 nitrogen and oxygen atoms in total. The first-order valence-electron chi connectivity index (χ1n) is 7.62. The van der Waals surface area contributed by atoms with E-state index in [1.54, 1.807) is 37.3 Å². The molecule has 0 aliphatic rings. The van der Waals surface area contributed by atoms with Gasteiger partial charge in [-0.1, -0.05) is 12.1 Å². The molecule has 0 bridgehead atoms. The molecule has 2 amide bonds. The number of ether oxygens (including phenoxy) is 2. The number of anilines is 1. The standard InChI is InChI=1S/C18H19N3O5/c1-11(13-6-4-5-7-15(13)22)20-21-18(24)17(23)19-14-10-12(25-2)8-9-16(14)26-3/h4-10,22H,1-3H3,(H,19,23)(H,21,24). The van der Waals surface area contributed by atoms with Crippen LogP contribution in [0.25, 0.3) is 0 Å². The first-order chi connectivity index (χ1) is 12.5. The lowest BCUT2D eigenvalue weighted by molar-refractivity contribution is -0.136. The highest BCUT2D eigenvalue weighted by Gasteiger charge is 2.16. The topological polar surface area (TPSA) is 109 Å². The summed E-state index contributed by atoms with van der Waals surface area (Å²) in [6.45, 7) is 1.60. The van der Waals surface area contributed by atoms with Crippen molar-refractivity contribution in [2.24, 2.45) is 5.10 Å². The summed E-state index contributed by atoms with van der Waals surface area (Å²) in [4.78, 5) is 24.0. The maximum absolute atomic E-state index is 12.1. The van der Waals surface area contributed by atoms with Crippen LogP contribution in [-0.4, -0.2) is 36.9 Å². The lowest BCUT2D eigenvalue weighted by atomic mass is 10.1. The van der Waals surface area contributed by atoms with Gasteiger partial charge in [0, 0.05) is 11.6 Å². The molecule has 0 atom stereocenters. The van der Waals surface area contributed by atoms with Gasteiger partial charge < -0.3 is 19.9 Å². The molecular weight excluding hydrogens is 338 g/mol. The van der Waals surface area contributed by atoms with Crippen molar-refractivity contribution >= 4 is 23.2 Å². The number of benzene rings is 2. The van der Waals surface area contributed by atoms with Crippen molar-refractivity contribution in [1.29, 1.82) is 0 Å². The van der Waals surface area contributed by atoms with Crippen LogP contribution < -0.4 is 20.2 Å². The molecule has 2 aromatic rings. The molecular formula is C18H19N3O5. The van der Waals surface area contributed by atoms with E-state index in [-0.39, 0.29) is 11.4 Å². The van der Waals surface area contributed by atoms with Crippen LogP contribution in [0.4, 0.5) is 5.69 Å². The maximum atomic E-state index is 12.1. The molecule has 8 heteroatoms. The summed E-state index contributed by atoms with van der Waals surface area (Å²) in [7, 11) is 2.92. The predicted octanol–water partition coefficient (Wildman–Crippen LogP) is 1.89. The number of hydrazone groups is 1. The van der Waals surface area contributed by atoms with Crippen molar-refractivity contribution < 1.29 is 24.2 Å². The molecule has 0 saturated carbocycles. The van der Waals surface area contributed by atoms with E-state index in [4.69, 9.17) is 9.47 Å². The normalized spacial score (nSPS) is 10.8. The molecule has 0 spiro atoms. The zero-order chi connectivity index (χ0) is 19.1. The van der Waals surface area contributed by atoms with Crippen LogP contribution in [0.2, 0.25) is 0 Å². The van der Waals surface area contributed by atoms with Crippen molar-refractivity contribution in [2.75, 3.05) is 19.5 Å². The number of nitrogens with zero attached hydrogens (tertiary/aromatic N) is 1. The minimum absolute atomic E-state index is 0.0218. The Bertz CT molecular complexity index is 848. The molecule has 3 N–H and O–H groups in total. The first-order valence-corrected chi connectivity index (χ1v) is 7.62. The Morgan fingerprint density at radius 3 is 2.42 bits per heavy atom. The summed E-state index contributed by atoms with van der Waals surface area (Å²) < 4.78 is 10.2. The number of phenols is 1. The van der Waals surface area contributed by atoms with Crippen molar-refractivity contribution in [3.05, 3.63) is 48.0 Å². The Morgan fingerprint density at radius 2 is 1.77 bits per heavy atom. The third-order valence-electron chi connectivity index (χ3n) is 3.48. The summed E-state index contributed by atoms with van der Waals surface area (Å²) >= 11 is 0. The summed E-state index contributed by atoms with van der Waals surface area (Å²) in [5.74, 6) is -1.00. The molecule has 0 aromatic heterocycles. The van der Waals surface area contributed by atoms with E-state index in [0.717, 1.165) is 0 Å². The molecule has 0 unspecified atom stereocenters. The van der Waals surface area contributed by atoms with E-state index >= 15 is 0 Å². The predicted molar refractivity (Wildman–Crippen MR) is 96.6 cm³/mol. The van der Waals surface area contributed by atoms with Crippen molar-refractivity contribution in [2.45, 2.75) is 6.92 Å². The Morgan fingerprint density at radius 1 is 1.04 bits per heavy atom. The molecule has 2 aromatic carbocycles. The van der Waals surface area contributed by atoms with Crippen LogP contribution in [0.1, 0.15) is 12.5 Å². The van der Waals surface area contributed by atoms with Crippen LogP contribution in [-0.2, 0) is 9.59 Å². The molecule has 0 aliphatic heterocycles. The number of aromatic hydroxyl groups is 1. The van der Waals surface area contributed by atoms with Crippen molar-refractivity contribution in [1.82, 2.24) is 5.43 Å². The van der Waals surface area contributed by atoms with Crippen LogP contribution >= 0.6 is 0 Å². The molecule has 26 heavy (non-hydrogen) atoms. The fourth-order valence-corrected chi connectivity index (χ4v) is 2.12. The van der Waals surface area contributed by atoms with Gasteiger partial charge in [0.25, 0.3) is 0 Å². The van der Waals surface area contributed by atoms with Crippen LogP contribution in [0.5, 0.6) is 17.2 Å². The van der Waals surface area contributed by atoms with E-state index in [0.29, 0.717) is 22.8 Å². The van der Waals surface area contributed by atoms with Crippen LogP contribution in [0, 0.1) is 0 Å². The fourth-order valence-electron chi connectivity index (χ4n) is 2.12. The van der Waals surface area contributed by atoms with E-state index < -0.39 is 11.8 Å². The number of hydrogen-bond donors (Lipinski definition) is 3. The first kappa shape index (κ1) is 18.8. The molecule has 0 fully saturated rings. The lowest BCUT2D eigenvalue weighted by Crippen LogP contribution is -2.33. The zero-order valence-electron chi connectivity index (χ0n) is 14.6. The minimum Gasteiger partial charge on any atom is -0.507 e. The third-order valence-corrected chi connectivity index (χ3v) is 3.48. The second-order valence-electron chi connectivity index (χ2n) is 5.18. The second kappa shape index (κ2) is 8.52. The highest BCUT2D eigenvalue weighted by Crippen LogP contribution is 2.28. The number of para-hydroxylation sites is 1. The van der Waals surface area contributed by atoms with Gasteiger partial charge in [-0.15, -0.1) is 0 Å². The van der Waals surface area contributed by atoms with E-state index in [9.17, 15) is 14.7 Å². The maximum Gasteiger partial charge on any atom is 0.329 e. The summed E-state index contributed by atoms with van der Waals surface area (Å²) in [6.07, 6.45) is 0. The highest BCUT2D eigenvalue weighted by atomic mass is 16.5. The number of carbonyl (C=O) groups excluding carboxylic acids is 2. The van der Waals surface area contributed by atoms with Gasteiger partial charge in [-0.2, -0.15) is 5.10 Å². The average molecular weight is 357 g/mol. The van der Waals surface area contributed by atoms with Gasteiger partial charge in [0.1, 0.15) is 17.2 Å². The number of rotatable bonds is 5. The van der Waals surface area contributed by atoms with Gasteiger partial charge in [0.2, 0.25) is 0 Å². The molecule has 0 aliphatic carbocycles. The number of methoxy groups -OCH3 is 2. The Balaban J connectivity index is 2.08. The summed E-state index contributed by atoms with van der Waals surface area (Å²) in [5, 5.41) is 16.0. The van der Waals surface area contributed by atoms with Gasteiger partial charge in [-0.05, 0) is 31.2 Å². The minimum atomic E-state index is -0.968. The largest absolute Gasteiger partial charge is 0.507 e. The fraction of sp³-hybridized carbons (Fsp3) is 0.167. The van der Waals surface area contributed by atoms with E-state index in [1.165, 1.54) is 26.4 Å². The van der Waals surface area contributed by atoms with Gasteiger partial charge in [-0.3, -0.25) is 9.59 Å². The van der Waals surface area contributed by atoms with E-state index in [1.807, 2.05) is 0 Å². The SMILES string of the molecule is COc1ccc(OC)c(NC(=O)C(=O)NN=C(C)c2ccccc2O)c1. The molecule has 0 radical (unpaired) electrons. The smallest absolute Gasteiger partial charge is 0.329 e. The van der Waals surface area contributed by atoms with Gasteiger partial charge in [0.15, 0.2) is 0 Å². The van der Waals surface area contributed by atoms with Crippen LogP contribution in [0.15, 0.2) is 47.6 Å².